The summed E-state index contributed by atoms with van der Waals surface area (Å²) < 4.78 is 0. The van der Waals surface area contributed by atoms with E-state index in [1.165, 1.54) is 33.4 Å². The van der Waals surface area contributed by atoms with Crippen LogP contribution in [-0.4, -0.2) is 0 Å². The van der Waals surface area contributed by atoms with Crippen LogP contribution in [-0.2, 0) is 0 Å². The van der Waals surface area contributed by atoms with E-state index in [0.717, 1.165) is 0 Å². The normalized spacial score (nSPS) is 9.67. The molecule has 0 aliphatic rings. The van der Waals surface area contributed by atoms with Crippen molar-refractivity contribution in [2.75, 3.05) is 0 Å². The van der Waals surface area contributed by atoms with Gasteiger partial charge in [-0.2, -0.15) is 0 Å². The van der Waals surface area contributed by atoms with Gasteiger partial charge in [0.15, 0.2) is 0 Å². The molecule has 0 amide bonds. The van der Waals surface area contributed by atoms with Crippen LogP contribution in [0.2, 0.25) is 0 Å². The molecule has 0 aliphatic heterocycles. The molecule has 0 heteroatoms. The van der Waals surface area contributed by atoms with Crippen molar-refractivity contribution in [3.63, 3.8) is 0 Å². The monoisotopic (exact) mass is 240 g/mol. The van der Waals surface area contributed by atoms with Crippen LogP contribution in [0.25, 0.3) is 11.1 Å². The molecule has 0 unspecified atom stereocenters. The second-order valence-electron chi connectivity index (χ2n) is 4.68. The zero-order chi connectivity index (χ0) is 13.7. The van der Waals surface area contributed by atoms with Crippen molar-refractivity contribution >= 4 is 0 Å². The summed E-state index contributed by atoms with van der Waals surface area (Å²) in [6.07, 6.45) is 0. The Morgan fingerprint density at radius 3 is 1.61 bits per heavy atom. The van der Waals surface area contributed by atoms with E-state index in [-0.39, 0.29) is 0 Å². The average Bonchev–Trinajstić information content (AvgIpc) is 2.34. The highest BCUT2D eigenvalue weighted by Gasteiger charge is 2.01. The molecular weight excluding hydrogens is 216 g/mol. The lowest BCUT2D eigenvalue weighted by molar-refractivity contribution is 1.33. The average molecular weight is 240 g/mol. The van der Waals surface area contributed by atoms with E-state index in [1.54, 1.807) is 0 Å². The van der Waals surface area contributed by atoms with Gasteiger partial charge in [0.2, 0.25) is 0 Å². The molecule has 0 saturated heterocycles. The van der Waals surface area contributed by atoms with Crippen LogP contribution in [0.15, 0.2) is 36.4 Å². The zero-order valence-electron chi connectivity index (χ0n) is 12.5. The summed E-state index contributed by atoms with van der Waals surface area (Å²) in [4.78, 5) is 0. The van der Waals surface area contributed by atoms with Gasteiger partial charge in [0.1, 0.15) is 0 Å². The highest BCUT2D eigenvalue weighted by molar-refractivity contribution is 5.66. The number of hydrogen-bond donors (Lipinski definition) is 0. The van der Waals surface area contributed by atoms with Crippen molar-refractivity contribution in [1.82, 2.24) is 0 Å². The van der Waals surface area contributed by atoms with Gasteiger partial charge in [0, 0.05) is 0 Å². The number of aryl methyl sites for hydroxylation is 4. The minimum absolute atomic E-state index is 1.31. The standard InChI is InChI=1S/C16H18.C2H6/c1-11-7-12(2)9-16(8-11)15-6-5-13(3)14(4)10-15;1-2/h5-10H,1-4H3;1-2H3. The molecule has 0 atom stereocenters. The van der Waals surface area contributed by atoms with Gasteiger partial charge >= 0.3 is 0 Å². The van der Waals surface area contributed by atoms with E-state index >= 15 is 0 Å². The highest BCUT2D eigenvalue weighted by Crippen LogP contribution is 2.24. The molecule has 0 saturated carbocycles. The van der Waals surface area contributed by atoms with Gasteiger partial charge in [-0.05, 0) is 49.9 Å². The van der Waals surface area contributed by atoms with Crippen LogP contribution < -0.4 is 0 Å². The Morgan fingerprint density at radius 1 is 0.556 bits per heavy atom. The van der Waals surface area contributed by atoms with Crippen molar-refractivity contribution in [3.8, 4) is 11.1 Å². The van der Waals surface area contributed by atoms with E-state index in [2.05, 4.69) is 64.1 Å². The molecule has 0 bridgehead atoms. The summed E-state index contributed by atoms with van der Waals surface area (Å²) in [5, 5.41) is 0. The predicted octanol–water partition coefficient (Wildman–Crippen LogP) is 5.61. The third-order valence-electron chi connectivity index (χ3n) is 3.06. The molecule has 2 aromatic carbocycles. The summed E-state index contributed by atoms with van der Waals surface area (Å²) in [5.41, 5.74) is 8.00. The smallest absolute Gasteiger partial charge is 0.0179 e. The first-order valence-electron chi connectivity index (χ1n) is 6.72. The molecule has 0 radical (unpaired) electrons. The third kappa shape index (κ3) is 3.46. The zero-order valence-corrected chi connectivity index (χ0v) is 12.5. The molecule has 2 aromatic rings. The topological polar surface area (TPSA) is 0 Å². The van der Waals surface area contributed by atoms with Crippen molar-refractivity contribution in [1.29, 1.82) is 0 Å². The Kier molecular flexibility index (Phi) is 5.15. The molecule has 0 spiro atoms. The first kappa shape index (κ1) is 14.5. The second kappa shape index (κ2) is 6.39. The highest BCUT2D eigenvalue weighted by atomic mass is 14.1. The molecular formula is C18H24. The molecule has 0 aliphatic carbocycles. The van der Waals surface area contributed by atoms with Crippen LogP contribution in [0.4, 0.5) is 0 Å². The van der Waals surface area contributed by atoms with Gasteiger partial charge in [-0.1, -0.05) is 61.4 Å². The number of rotatable bonds is 1. The SMILES string of the molecule is CC.Cc1cc(C)cc(-c2ccc(C)c(C)c2)c1. The number of benzene rings is 2. The first-order valence-corrected chi connectivity index (χ1v) is 6.72. The molecule has 0 fully saturated rings. The molecule has 18 heavy (non-hydrogen) atoms. The van der Waals surface area contributed by atoms with E-state index < -0.39 is 0 Å². The van der Waals surface area contributed by atoms with E-state index in [1.807, 2.05) is 13.8 Å². The number of hydrogen-bond acceptors (Lipinski definition) is 0. The van der Waals surface area contributed by atoms with E-state index in [4.69, 9.17) is 0 Å². The molecule has 0 N–H and O–H groups in total. The van der Waals surface area contributed by atoms with Crippen molar-refractivity contribution in [3.05, 3.63) is 58.7 Å². The maximum absolute atomic E-state index is 2.27. The quantitative estimate of drug-likeness (QED) is 0.607. The molecule has 2 rings (SSSR count). The summed E-state index contributed by atoms with van der Waals surface area (Å²) in [6, 6.07) is 13.4. The van der Waals surface area contributed by atoms with Gasteiger partial charge in [-0.3, -0.25) is 0 Å². The van der Waals surface area contributed by atoms with Gasteiger partial charge in [0.05, 0.1) is 0 Å². The van der Waals surface area contributed by atoms with Crippen LogP contribution in [0.5, 0.6) is 0 Å². The van der Waals surface area contributed by atoms with Crippen molar-refractivity contribution in [2.24, 2.45) is 0 Å². The fourth-order valence-electron chi connectivity index (χ4n) is 2.06. The van der Waals surface area contributed by atoms with Gasteiger partial charge in [0.25, 0.3) is 0 Å². The van der Waals surface area contributed by atoms with Crippen LogP contribution in [0.3, 0.4) is 0 Å². The van der Waals surface area contributed by atoms with E-state index in [9.17, 15) is 0 Å². The van der Waals surface area contributed by atoms with Crippen LogP contribution in [0.1, 0.15) is 36.1 Å². The second-order valence-corrected chi connectivity index (χ2v) is 4.68. The largest absolute Gasteiger partial charge is 0.0683 e. The fourth-order valence-corrected chi connectivity index (χ4v) is 2.06. The molecule has 0 nitrogen and oxygen atoms in total. The van der Waals surface area contributed by atoms with E-state index in [0.29, 0.717) is 0 Å². The Hall–Kier alpha value is -1.56. The minimum atomic E-state index is 1.31. The van der Waals surface area contributed by atoms with Gasteiger partial charge in [-0.25, -0.2) is 0 Å². The van der Waals surface area contributed by atoms with Crippen molar-refractivity contribution in [2.45, 2.75) is 41.5 Å². The Morgan fingerprint density at radius 2 is 1.11 bits per heavy atom. The summed E-state index contributed by atoms with van der Waals surface area (Å²) in [7, 11) is 0. The molecule has 0 heterocycles. The third-order valence-corrected chi connectivity index (χ3v) is 3.06. The maximum atomic E-state index is 2.27. The Balaban J connectivity index is 0.000000771. The lowest BCUT2D eigenvalue weighted by Gasteiger charge is -2.07. The minimum Gasteiger partial charge on any atom is -0.0683 e. The van der Waals surface area contributed by atoms with Gasteiger partial charge in [-0.15, -0.1) is 0 Å². The molecule has 96 valence electrons. The molecule has 0 aromatic heterocycles. The van der Waals surface area contributed by atoms with Crippen LogP contribution >= 0.6 is 0 Å². The maximum Gasteiger partial charge on any atom is -0.0179 e. The lowest BCUT2D eigenvalue weighted by atomic mass is 9.98. The summed E-state index contributed by atoms with van der Waals surface area (Å²) in [6.45, 7) is 12.6. The predicted molar refractivity (Wildman–Crippen MR) is 82.2 cm³/mol. The van der Waals surface area contributed by atoms with Crippen molar-refractivity contribution < 1.29 is 0 Å². The first-order chi connectivity index (χ1) is 8.56. The lowest BCUT2D eigenvalue weighted by Crippen LogP contribution is -1.85. The summed E-state index contributed by atoms with van der Waals surface area (Å²) >= 11 is 0. The van der Waals surface area contributed by atoms with Crippen LogP contribution in [0, 0.1) is 27.7 Å². The summed E-state index contributed by atoms with van der Waals surface area (Å²) in [5.74, 6) is 0. The van der Waals surface area contributed by atoms with Gasteiger partial charge < -0.3 is 0 Å². The Bertz CT molecular complexity index is 501. The fraction of sp³-hybridized carbons (Fsp3) is 0.333. The Labute approximate surface area is 112 Å².